The lowest BCUT2D eigenvalue weighted by molar-refractivity contribution is 0.0161. The van der Waals surface area contributed by atoms with Gasteiger partial charge in [-0.1, -0.05) is 6.92 Å². The molecule has 21 heavy (non-hydrogen) atoms. The number of nitrogens with one attached hydrogen (secondary N) is 1. The Labute approximate surface area is 126 Å². The van der Waals surface area contributed by atoms with E-state index in [4.69, 9.17) is 9.47 Å². The van der Waals surface area contributed by atoms with Crippen LogP contribution in [0.1, 0.15) is 38.8 Å². The number of hydrogen-bond donors (Lipinski definition) is 2. The molecule has 0 amide bonds. The predicted octanol–water partition coefficient (Wildman–Crippen LogP) is 2.66. The quantitative estimate of drug-likeness (QED) is 0.697. The summed E-state index contributed by atoms with van der Waals surface area (Å²) in [4.78, 5) is 0. The minimum absolute atomic E-state index is 0.0142. The van der Waals surface area contributed by atoms with Crippen LogP contribution in [0.4, 0.5) is 4.39 Å². The van der Waals surface area contributed by atoms with Crippen molar-refractivity contribution >= 4 is 0 Å². The van der Waals surface area contributed by atoms with Gasteiger partial charge in [-0.15, -0.1) is 0 Å². The van der Waals surface area contributed by atoms with Crippen molar-refractivity contribution in [2.24, 2.45) is 0 Å². The molecule has 0 aliphatic carbocycles. The zero-order valence-corrected chi connectivity index (χ0v) is 13.1. The van der Waals surface area contributed by atoms with Gasteiger partial charge < -0.3 is 19.9 Å². The standard InChI is InChI=1S/C16H26FNO3/c1-4-8-18-12(3)15-9-13(17)6-7-16(15)21-11-14(19)10-20-5-2/h6-7,9,12,14,18-19H,4-5,8,10-11H2,1-3H3. The summed E-state index contributed by atoms with van der Waals surface area (Å²) in [5.41, 5.74) is 0.757. The first kappa shape index (κ1) is 17.9. The van der Waals surface area contributed by atoms with Crippen LogP contribution in [0.2, 0.25) is 0 Å². The normalized spacial score (nSPS) is 14.0. The van der Waals surface area contributed by atoms with Gasteiger partial charge in [0, 0.05) is 18.2 Å². The number of aliphatic hydroxyl groups excluding tert-OH is 1. The lowest BCUT2D eigenvalue weighted by atomic mass is 10.1. The highest BCUT2D eigenvalue weighted by atomic mass is 19.1. The van der Waals surface area contributed by atoms with Gasteiger partial charge in [-0.3, -0.25) is 0 Å². The number of benzene rings is 1. The van der Waals surface area contributed by atoms with Gasteiger partial charge in [0.25, 0.3) is 0 Å². The first-order valence-electron chi connectivity index (χ1n) is 7.49. The monoisotopic (exact) mass is 299 g/mol. The van der Waals surface area contributed by atoms with Crippen LogP contribution in [-0.4, -0.2) is 37.6 Å². The zero-order chi connectivity index (χ0) is 15.7. The second-order valence-corrected chi connectivity index (χ2v) is 4.98. The van der Waals surface area contributed by atoms with Crippen molar-refractivity contribution in [3.05, 3.63) is 29.6 Å². The minimum atomic E-state index is -0.693. The van der Waals surface area contributed by atoms with Crippen LogP contribution < -0.4 is 10.1 Å². The third-order valence-electron chi connectivity index (χ3n) is 3.08. The fraction of sp³-hybridized carbons (Fsp3) is 0.625. The molecule has 0 aliphatic heterocycles. The molecular formula is C16H26FNO3. The third-order valence-corrected chi connectivity index (χ3v) is 3.08. The molecule has 1 aromatic rings. The second kappa shape index (κ2) is 9.71. The molecule has 0 heterocycles. The van der Waals surface area contributed by atoms with Gasteiger partial charge in [-0.2, -0.15) is 0 Å². The molecule has 0 aliphatic rings. The summed E-state index contributed by atoms with van der Waals surface area (Å²) in [5.74, 6) is 0.292. The van der Waals surface area contributed by atoms with Crippen LogP contribution in [0.25, 0.3) is 0 Å². The molecule has 0 radical (unpaired) electrons. The Morgan fingerprint density at radius 2 is 2.05 bits per heavy atom. The molecule has 0 bridgehead atoms. The van der Waals surface area contributed by atoms with Crippen LogP contribution in [0.3, 0.4) is 0 Å². The number of rotatable bonds is 10. The van der Waals surface area contributed by atoms with Gasteiger partial charge in [-0.05, 0) is 45.0 Å². The van der Waals surface area contributed by atoms with Gasteiger partial charge in [0.1, 0.15) is 24.3 Å². The van der Waals surface area contributed by atoms with E-state index in [1.807, 2.05) is 13.8 Å². The second-order valence-electron chi connectivity index (χ2n) is 4.98. The Kier molecular flexibility index (Phi) is 8.27. The minimum Gasteiger partial charge on any atom is -0.490 e. The van der Waals surface area contributed by atoms with Gasteiger partial charge in [0.05, 0.1) is 6.61 Å². The van der Waals surface area contributed by atoms with Gasteiger partial charge in [0.15, 0.2) is 0 Å². The Balaban J connectivity index is 2.67. The van der Waals surface area contributed by atoms with E-state index in [-0.39, 0.29) is 25.1 Å². The summed E-state index contributed by atoms with van der Waals surface area (Å²) < 4.78 is 24.2. The summed E-state index contributed by atoms with van der Waals surface area (Å²) >= 11 is 0. The number of halogens is 1. The van der Waals surface area contributed by atoms with Crippen molar-refractivity contribution in [2.45, 2.75) is 39.3 Å². The van der Waals surface area contributed by atoms with E-state index in [1.165, 1.54) is 12.1 Å². The molecule has 0 fully saturated rings. The molecule has 1 rings (SSSR count). The van der Waals surface area contributed by atoms with Crippen molar-refractivity contribution in [3.63, 3.8) is 0 Å². The summed E-state index contributed by atoms with van der Waals surface area (Å²) in [7, 11) is 0. The average molecular weight is 299 g/mol. The molecule has 5 heteroatoms. The smallest absolute Gasteiger partial charge is 0.124 e. The Hall–Kier alpha value is -1.17. The maximum absolute atomic E-state index is 13.4. The van der Waals surface area contributed by atoms with E-state index in [0.29, 0.717) is 12.4 Å². The maximum atomic E-state index is 13.4. The average Bonchev–Trinajstić information content (AvgIpc) is 2.49. The molecule has 2 atom stereocenters. The van der Waals surface area contributed by atoms with Crippen molar-refractivity contribution in [1.82, 2.24) is 5.32 Å². The summed E-state index contributed by atoms with van der Waals surface area (Å²) in [6.07, 6.45) is 0.310. The molecule has 2 unspecified atom stereocenters. The molecule has 2 N–H and O–H groups in total. The van der Waals surface area contributed by atoms with Crippen molar-refractivity contribution in [2.75, 3.05) is 26.4 Å². The van der Waals surface area contributed by atoms with E-state index >= 15 is 0 Å². The highest BCUT2D eigenvalue weighted by Crippen LogP contribution is 2.26. The molecule has 120 valence electrons. The van der Waals surface area contributed by atoms with E-state index in [0.717, 1.165) is 18.5 Å². The molecule has 0 spiro atoms. The number of hydrogen-bond acceptors (Lipinski definition) is 4. The van der Waals surface area contributed by atoms with E-state index in [9.17, 15) is 9.50 Å². The molecule has 0 saturated heterocycles. The maximum Gasteiger partial charge on any atom is 0.124 e. The third kappa shape index (κ3) is 6.42. The summed E-state index contributed by atoms with van der Waals surface area (Å²) in [6.45, 7) is 7.67. The van der Waals surface area contributed by atoms with Crippen LogP contribution >= 0.6 is 0 Å². The van der Waals surface area contributed by atoms with E-state index in [1.54, 1.807) is 6.07 Å². The van der Waals surface area contributed by atoms with Crippen LogP contribution in [0.15, 0.2) is 18.2 Å². The highest BCUT2D eigenvalue weighted by molar-refractivity contribution is 5.36. The summed E-state index contributed by atoms with van der Waals surface area (Å²) in [6, 6.07) is 4.42. The Morgan fingerprint density at radius 3 is 2.71 bits per heavy atom. The van der Waals surface area contributed by atoms with Gasteiger partial charge in [0.2, 0.25) is 0 Å². The van der Waals surface area contributed by atoms with Crippen LogP contribution in [0.5, 0.6) is 5.75 Å². The molecule has 0 saturated carbocycles. The number of aliphatic hydroxyl groups is 1. The zero-order valence-electron chi connectivity index (χ0n) is 13.1. The molecule has 1 aromatic carbocycles. The van der Waals surface area contributed by atoms with E-state index in [2.05, 4.69) is 12.2 Å². The van der Waals surface area contributed by atoms with Crippen LogP contribution in [-0.2, 0) is 4.74 Å². The first-order chi connectivity index (χ1) is 10.1. The molecular weight excluding hydrogens is 273 g/mol. The fourth-order valence-corrected chi connectivity index (χ4v) is 1.95. The first-order valence-corrected chi connectivity index (χ1v) is 7.49. The largest absolute Gasteiger partial charge is 0.490 e. The molecule has 4 nitrogen and oxygen atoms in total. The van der Waals surface area contributed by atoms with Gasteiger partial charge in [-0.25, -0.2) is 4.39 Å². The summed E-state index contributed by atoms with van der Waals surface area (Å²) in [5, 5.41) is 13.0. The highest BCUT2D eigenvalue weighted by Gasteiger charge is 2.14. The van der Waals surface area contributed by atoms with Crippen LogP contribution in [0, 0.1) is 5.82 Å². The Morgan fingerprint density at radius 1 is 1.29 bits per heavy atom. The lowest BCUT2D eigenvalue weighted by Crippen LogP contribution is -2.25. The number of ether oxygens (including phenoxy) is 2. The van der Waals surface area contributed by atoms with E-state index < -0.39 is 6.10 Å². The fourth-order valence-electron chi connectivity index (χ4n) is 1.95. The topological polar surface area (TPSA) is 50.7 Å². The SMILES string of the molecule is CCCNC(C)c1cc(F)ccc1OCC(O)COCC. The van der Waals surface area contributed by atoms with Crippen molar-refractivity contribution in [1.29, 1.82) is 0 Å². The van der Waals surface area contributed by atoms with Crippen molar-refractivity contribution < 1.29 is 19.0 Å². The van der Waals surface area contributed by atoms with Crippen molar-refractivity contribution in [3.8, 4) is 5.75 Å². The van der Waals surface area contributed by atoms with Gasteiger partial charge >= 0.3 is 0 Å². The Bertz CT molecular complexity index is 415. The predicted molar refractivity (Wildman–Crippen MR) is 81.1 cm³/mol. The molecule has 0 aromatic heterocycles. The lowest BCUT2D eigenvalue weighted by Gasteiger charge is -2.19.